The molecule has 1 N–H and O–H groups in total. The van der Waals surface area contributed by atoms with Gasteiger partial charge in [0.15, 0.2) is 5.82 Å². The number of hydrogen-bond acceptors (Lipinski definition) is 4. The Labute approximate surface area is 168 Å². The van der Waals surface area contributed by atoms with E-state index in [9.17, 15) is 9.18 Å². The molecule has 1 aromatic carbocycles. The van der Waals surface area contributed by atoms with Gasteiger partial charge in [-0.2, -0.15) is 4.98 Å². The summed E-state index contributed by atoms with van der Waals surface area (Å²) in [6.07, 6.45) is 6.83. The van der Waals surface area contributed by atoms with Gasteiger partial charge in [-0.25, -0.2) is 4.39 Å². The van der Waals surface area contributed by atoms with Gasteiger partial charge in [0.05, 0.1) is 0 Å². The number of benzene rings is 1. The quantitative estimate of drug-likeness (QED) is 0.705. The molecule has 2 aromatic heterocycles. The average molecular weight is 394 g/mol. The molecule has 5 rings (SSSR count). The third kappa shape index (κ3) is 3.95. The van der Waals surface area contributed by atoms with Crippen LogP contribution < -0.4 is 0 Å². The Balaban J connectivity index is 1.24. The van der Waals surface area contributed by atoms with Gasteiger partial charge in [-0.1, -0.05) is 17.3 Å². The summed E-state index contributed by atoms with van der Waals surface area (Å²) in [7, 11) is 0. The minimum Gasteiger partial charge on any atom is -0.357 e. The van der Waals surface area contributed by atoms with Crippen molar-refractivity contribution in [1.29, 1.82) is 0 Å². The maximum absolute atomic E-state index is 13.1. The lowest BCUT2D eigenvalue weighted by atomic mass is 9.94. The van der Waals surface area contributed by atoms with Crippen LogP contribution in [0.1, 0.15) is 53.8 Å². The Morgan fingerprint density at radius 1 is 1.21 bits per heavy atom. The van der Waals surface area contributed by atoms with Gasteiger partial charge < -0.3 is 14.4 Å². The number of amides is 1. The molecule has 29 heavy (non-hydrogen) atoms. The van der Waals surface area contributed by atoms with Crippen molar-refractivity contribution in [2.75, 3.05) is 13.1 Å². The SMILES string of the molecule is O=C(c1cc(-c2ccc(F)cc2)c[nH]1)N1CCC[C@H](Cc2nc(C3CC3)no2)C1. The maximum atomic E-state index is 13.1. The molecule has 7 heteroatoms. The fourth-order valence-electron chi connectivity index (χ4n) is 4.02. The van der Waals surface area contributed by atoms with Gasteiger partial charge in [0.2, 0.25) is 5.89 Å². The van der Waals surface area contributed by atoms with Crippen LogP contribution >= 0.6 is 0 Å². The molecular weight excluding hydrogens is 371 g/mol. The maximum Gasteiger partial charge on any atom is 0.270 e. The lowest BCUT2D eigenvalue weighted by Gasteiger charge is -2.31. The van der Waals surface area contributed by atoms with Crippen molar-refractivity contribution in [3.63, 3.8) is 0 Å². The summed E-state index contributed by atoms with van der Waals surface area (Å²) in [6.45, 7) is 1.43. The van der Waals surface area contributed by atoms with Crippen molar-refractivity contribution in [1.82, 2.24) is 20.0 Å². The van der Waals surface area contributed by atoms with Crippen LogP contribution in [0.25, 0.3) is 11.1 Å². The van der Waals surface area contributed by atoms with Gasteiger partial charge >= 0.3 is 0 Å². The van der Waals surface area contributed by atoms with E-state index in [0.29, 0.717) is 30.0 Å². The first kappa shape index (κ1) is 18.1. The third-order valence-electron chi connectivity index (χ3n) is 5.79. The van der Waals surface area contributed by atoms with E-state index >= 15 is 0 Å². The molecule has 2 fully saturated rings. The molecule has 6 nitrogen and oxygen atoms in total. The first-order valence-electron chi connectivity index (χ1n) is 10.2. The van der Waals surface area contributed by atoms with Crippen molar-refractivity contribution in [3.05, 3.63) is 59.8 Å². The van der Waals surface area contributed by atoms with Gasteiger partial charge in [-0.3, -0.25) is 4.79 Å². The van der Waals surface area contributed by atoms with E-state index in [1.54, 1.807) is 18.3 Å². The van der Waals surface area contributed by atoms with E-state index in [1.807, 2.05) is 11.0 Å². The number of carbonyl (C=O) groups is 1. The number of piperidine rings is 1. The lowest BCUT2D eigenvalue weighted by molar-refractivity contribution is 0.0663. The highest BCUT2D eigenvalue weighted by atomic mass is 19.1. The highest BCUT2D eigenvalue weighted by molar-refractivity contribution is 5.94. The van der Waals surface area contributed by atoms with Crippen molar-refractivity contribution in [2.45, 2.75) is 38.0 Å². The van der Waals surface area contributed by atoms with Gasteiger partial charge in [-0.15, -0.1) is 0 Å². The van der Waals surface area contributed by atoms with Crippen molar-refractivity contribution in [2.24, 2.45) is 5.92 Å². The van der Waals surface area contributed by atoms with Crippen LogP contribution in [0.3, 0.4) is 0 Å². The first-order chi connectivity index (χ1) is 14.2. The minimum atomic E-state index is -0.273. The Hall–Kier alpha value is -2.96. The molecule has 1 atom stereocenters. The summed E-state index contributed by atoms with van der Waals surface area (Å²) in [5.74, 6) is 2.05. The van der Waals surface area contributed by atoms with Crippen molar-refractivity contribution >= 4 is 5.91 Å². The largest absolute Gasteiger partial charge is 0.357 e. The summed E-state index contributed by atoms with van der Waals surface area (Å²) in [6, 6.07) is 8.10. The summed E-state index contributed by atoms with van der Waals surface area (Å²) >= 11 is 0. The Morgan fingerprint density at radius 3 is 2.83 bits per heavy atom. The van der Waals surface area contributed by atoms with E-state index in [2.05, 4.69) is 15.1 Å². The molecule has 1 saturated carbocycles. The zero-order valence-electron chi connectivity index (χ0n) is 16.1. The first-order valence-corrected chi connectivity index (χ1v) is 10.2. The number of rotatable bonds is 5. The summed E-state index contributed by atoms with van der Waals surface area (Å²) in [4.78, 5) is 22.5. The number of nitrogens with zero attached hydrogens (tertiary/aromatic N) is 3. The second kappa shape index (κ2) is 7.46. The van der Waals surface area contributed by atoms with Gasteiger partial charge in [0, 0.05) is 31.6 Å². The van der Waals surface area contributed by atoms with Crippen molar-refractivity contribution < 1.29 is 13.7 Å². The normalized spacial score (nSPS) is 19.5. The van der Waals surface area contributed by atoms with Crippen LogP contribution in [-0.4, -0.2) is 39.0 Å². The molecule has 1 amide bonds. The van der Waals surface area contributed by atoms with E-state index in [1.165, 1.54) is 12.1 Å². The number of aromatic amines is 1. The van der Waals surface area contributed by atoms with Crippen LogP contribution in [0, 0.1) is 11.7 Å². The number of hydrogen-bond donors (Lipinski definition) is 1. The fraction of sp³-hybridized carbons (Fsp3) is 0.409. The predicted molar refractivity (Wildman–Crippen MR) is 105 cm³/mol. The van der Waals surface area contributed by atoms with Crippen LogP contribution in [0.4, 0.5) is 4.39 Å². The molecule has 0 spiro atoms. The molecule has 150 valence electrons. The lowest BCUT2D eigenvalue weighted by Crippen LogP contribution is -2.40. The minimum absolute atomic E-state index is 0.00717. The van der Waals surface area contributed by atoms with Crippen LogP contribution in [-0.2, 0) is 6.42 Å². The molecule has 1 aliphatic heterocycles. The van der Waals surface area contributed by atoms with Gasteiger partial charge in [0.1, 0.15) is 11.5 Å². The fourth-order valence-corrected chi connectivity index (χ4v) is 4.02. The highest BCUT2D eigenvalue weighted by Gasteiger charge is 2.30. The zero-order valence-corrected chi connectivity index (χ0v) is 16.1. The van der Waals surface area contributed by atoms with Gasteiger partial charge in [-0.05, 0) is 60.9 Å². The van der Waals surface area contributed by atoms with Crippen molar-refractivity contribution in [3.8, 4) is 11.1 Å². The predicted octanol–water partition coefficient (Wildman–Crippen LogP) is 4.18. The number of nitrogens with one attached hydrogen (secondary N) is 1. The monoisotopic (exact) mass is 394 g/mol. The second-order valence-electron chi connectivity index (χ2n) is 8.09. The number of carbonyl (C=O) groups excluding carboxylic acids is 1. The Morgan fingerprint density at radius 2 is 2.03 bits per heavy atom. The molecule has 1 aliphatic carbocycles. The molecule has 2 aliphatic rings. The molecule has 3 aromatic rings. The molecule has 0 unspecified atom stereocenters. The second-order valence-corrected chi connectivity index (χ2v) is 8.09. The molecule has 3 heterocycles. The number of aromatic nitrogens is 3. The van der Waals surface area contributed by atoms with E-state index < -0.39 is 0 Å². The van der Waals surface area contributed by atoms with E-state index in [0.717, 1.165) is 55.6 Å². The van der Waals surface area contributed by atoms with Gasteiger partial charge in [0.25, 0.3) is 5.91 Å². The smallest absolute Gasteiger partial charge is 0.270 e. The topological polar surface area (TPSA) is 75.0 Å². The van der Waals surface area contributed by atoms with Crippen LogP contribution in [0.2, 0.25) is 0 Å². The molecule has 0 bridgehead atoms. The molecular formula is C22H23FN4O2. The average Bonchev–Trinajstić information content (AvgIpc) is 3.28. The summed E-state index contributed by atoms with van der Waals surface area (Å²) in [5.41, 5.74) is 2.31. The van der Waals surface area contributed by atoms with Crippen LogP contribution in [0.15, 0.2) is 41.1 Å². The standard InChI is InChI=1S/C22H23FN4O2/c23-18-7-5-15(6-8-18)17-11-19(24-12-17)22(28)27-9-1-2-14(13-27)10-20-25-21(26-29-20)16-3-4-16/h5-8,11-12,14,16,24H,1-4,9-10,13H2/t14-/m1/s1. The molecule has 0 radical (unpaired) electrons. The van der Waals surface area contributed by atoms with E-state index in [4.69, 9.17) is 4.52 Å². The Bertz CT molecular complexity index is 1010. The zero-order chi connectivity index (χ0) is 19.8. The highest BCUT2D eigenvalue weighted by Crippen LogP contribution is 2.38. The van der Waals surface area contributed by atoms with E-state index in [-0.39, 0.29) is 11.7 Å². The third-order valence-corrected chi connectivity index (χ3v) is 5.79. The number of likely N-dealkylation sites (tertiary alicyclic amines) is 1. The Kier molecular flexibility index (Phi) is 4.66. The summed E-state index contributed by atoms with van der Waals surface area (Å²) < 4.78 is 18.5. The van der Waals surface area contributed by atoms with Crippen LogP contribution in [0.5, 0.6) is 0 Å². The number of halogens is 1. The summed E-state index contributed by atoms with van der Waals surface area (Å²) in [5, 5.41) is 4.09. The molecule has 1 saturated heterocycles. The number of H-pyrrole nitrogens is 1.